The molecule has 0 saturated carbocycles. The Balaban J connectivity index is 4.02. The highest BCUT2D eigenvalue weighted by molar-refractivity contribution is 7.81. The molecular weight excluding hydrogens is 192 g/mol. The molecule has 78 valence electrons. The van der Waals surface area contributed by atoms with Crippen molar-refractivity contribution in [3.05, 3.63) is 0 Å². The summed E-state index contributed by atoms with van der Waals surface area (Å²) in [4.78, 5) is 10.7. The fourth-order valence-corrected chi connectivity index (χ4v) is 0.837. The van der Waals surface area contributed by atoms with Crippen LogP contribution >= 0.6 is 12.6 Å². The van der Waals surface area contributed by atoms with E-state index in [2.05, 4.69) is 12.6 Å². The minimum absolute atomic E-state index is 0.0106. The molecule has 0 heterocycles. The highest BCUT2D eigenvalue weighted by Gasteiger charge is 2.28. The molecule has 0 amide bonds. The van der Waals surface area contributed by atoms with Gasteiger partial charge in [0.15, 0.2) is 0 Å². The quantitative estimate of drug-likeness (QED) is 0.419. The van der Waals surface area contributed by atoms with Crippen molar-refractivity contribution >= 4 is 18.6 Å². The minimum Gasteiger partial charge on any atom is -0.464 e. The largest absolute Gasteiger partial charge is 0.464 e. The Labute approximate surface area is 83.3 Å². The van der Waals surface area contributed by atoms with Crippen LogP contribution in [0.1, 0.15) is 13.3 Å². The summed E-state index contributed by atoms with van der Waals surface area (Å²) < 4.78 is 4.79. The minimum atomic E-state index is -0.710. The summed E-state index contributed by atoms with van der Waals surface area (Å²) in [6, 6.07) is 0. The number of hydrogen-bond acceptors (Lipinski definition) is 5. The Morgan fingerprint density at radius 1 is 1.46 bits per heavy atom. The molecule has 0 saturated heterocycles. The smallest absolute Gasteiger partial charge is 0.315 e. The molecule has 5 heteroatoms. The molecule has 0 bridgehead atoms. The molecule has 0 fully saturated rings. The molecule has 0 aliphatic rings. The average Bonchev–Trinajstić information content (AvgIpc) is 2.20. The molecule has 0 aliphatic heterocycles. The van der Waals surface area contributed by atoms with Crippen LogP contribution in [0.2, 0.25) is 0 Å². The molecule has 0 aromatic rings. The number of thiol groups is 1. The van der Waals surface area contributed by atoms with Gasteiger partial charge in [0.25, 0.3) is 0 Å². The number of ether oxygens (including phenoxy) is 1. The number of hydrogen-bond donors (Lipinski definition) is 3. The number of carbonyl (C=O) groups is 1. The topological polar surface area (TPSA) is 66.8 Å². The number of carbonyl (C=O) groups excluding carboxylic acids is 1. The van der Waals surface area contributed by atoms with E-state index in [9.17, 15) is 4.79 Å². The lowest BCUT2D eigenvalue weighted by Crippen LogP contribution is -2.35. The molecular formula is C8H16O4S. The van der Waals surface area contributed by atoms with E-state index in [-0.39, 0.29) is 25.6 Å². The third kappa shape index (κ3) is 3.97. The van der Waals surface area contributed by atoms with Gasteiger partial charge in [-0.05, 0) is 6.42 Å². The number of esters is 1. The second-order valence-electron chi connectivity index (χ2n) is 2.99. The first kappa shape index (κ1) is 12.7. The maximum atomic E-state index is 10.7. The summed E-state index contributed by atoms with van der Waals surface area (Å²) in [6.07, 6.45) is 0.555. The van der Waals surface area contributed by atoms with Gasteiger partial charge in [-0.3, -0.25) is 4.79 Å². The number of rotatable bonds is 6. The first-order valence-electron chi connectivity index (χ1n) is 4.12. The Bertz CT molecular complexity index is 148. The zero-order valence-corrected chi connectivity index (χ0v) is 8.59. The predicted octanol–water partition coefficient (Wildman–Crippen LogP) is -0.160. The van der Waals surface area contributed by atoms with E-state index in [4.69, 9.17) is 14.9 Å². The lowest BCUT2D eigenvalue weighted by atomic mass is 9.88. The van der Waals surface area contributed by atoms with Crippen molar-refractivity contribution in [3.8, 4) is 0 Å². The highest BCUT2D eigenvalue weighted by atomic mass is 32.1. The molecule has 13 heavy (non-hydrogen) atoms. The van der Waals surface area contributed by atoms with Gasteiger partial charge in [-0.2, -0.15) is 12.6 Å². The van der Waals surface area contributed by atoms with Crippen molar-refractivity contribution in [1.82, 2.24) is 0 Å². The third-order valence-corrected chi connectivity index (χ3v) is 2.35. The van der Waals surface area contributed by atoms with Gasteiger partial charge in [-0.15, -0.1) is 0 Å². The van der Waals surface area contributed by atoms with E-state index >= 15 is 0 Å². The van der Waals surface area contributed by atoms with Gasteiger partial charge in [-0.25, -0.2) is 0 Å². The molecule has 0 aliphatic carbocycles. The molecule has 0 aromatic carbocycles. The Hall–Kier alpha value is -0.260. The van der Waals surface area contributed by atoms with E-state index in [1.54, 1.807) is 0 Å². The normalized spacial score (nSPS) is 11.4. The van der Waals surface area contributed by atoms with Gasteiger partial charge in [0.05, 0.1) is 24.4 Å². The monoisotopic (exact) mass is 208 g/mol. The van der Waals surface area contributed by atoms with Gasteiger partial charge in [-0.1, -0.05) is 6.92 Å². The lowest BCUT2D eigenvalue weighted by molar-refractivity contribution is -0.146. The number of aliphatic hydroxyl groups excluding tert-OH is 2. The van der Waals surface area contributed by atoms with Crippen LogP contribution in [0.3, 0.4) is 0 Å². The maximum Gasteiger partial charge on any atom is 0.315 e. The van der Waals surface area contributed by atoms with Crippen molar-refractivity contribution < 1.29 is 19.7 Å². The Morgan fingerprint density at radius 2 is 2.00 bits per heavy atom. The fourth-order valence-electron chi connectivity index (χ4n) is 0.746. The molecule has 4 nitrogen and oxygen atoms in total. The SMILES string of the molecule is CCC(CO)(CO)COC(=O)CS. The summed E-state index contributed by atoms with van der Waals surface area (Å²) >= 11 is 3.73. The van der Waals surface area contributed by atoms with E-state index in [1.807, 2.05) is 6.92 Å². The zero-order chi connectivity index (χ0) is 10.3. The fraction of sp³-hybridized carbons (Fsp3) is 0.875. The van der Waals surface area contributed by atoms with Crippen LogP contribution in [0.15, 0.2) is 0 Å². The average molecular weight is 208 g/mol. The van der Waals surface area contributed by atoms with E-state index in [1.165, 1.54) is 0 Å². The van der Waals surface area contributed by atoms with Crippen molar-refractivity contribution in [1.29, 1.82) is 0 Å². The van der Waals surface area contributed by atoms with Gasteiger partial charge in [0.1, 0.15) is 6.61 Å². The first-order valence-corrected chi connectivity index (χ1v) is 4.75. The van der Waals surface area contributed by atoms with Gasteiger partial charge < -0.3 is 14.9 Å². The second kappa shape index (κ2) is 6.23. The van der Waals surface area contributed by atoms with Crippen LogP contribution in [0.4, 0.5) is 0 Å². The van der Waals surface area contributed by atoms with Crippen LogP contribution in [0, 0.1) is 5.41 Å². The second-order valence-corrected chi connectivity index (χ2v) is 3.30. The molecule has 2 N–H and O–H groups in total. The van der Waals surface area contributed by atoms with Crippen LogP contribution in [0.5, 0.6) is 0 Å². The zero-order valence-electron chi connectivity index (χ0n) is 7.69. The van der Waals surface area contributed by atoms with Gasteiger partial charge in [0, 0.05) is 0 Å². The predicted molar refractivity (Wildman–Crippen MR) is 51.7 cm³/mol. The summed E-state index contributed by atoms with van der Waals surface area (Å²) in [5.41, 5.74) is -0.710. The maximum absolute atomic E-state index is 10.7. The van der Waals surface area contributed by atoms with Crippen LogP contribution in [0.25, 0.3) is 0 Å². The molecule has 0 aromatic heterocycles. The van der Waals surface area contributed by atoms with Crippen molar-refractivity contribution in [2.75, 3.05) is 25.6 Å². The molecule has 0 spiro atoms. The lowest BCUT2D eigenvalue weighted by Gasteiger charge is -2.27. The van der Waals surface area contributed by atoms with E-state index < -0.39 is 11.4 Å². The molecule has 0 radical (unpaired) electrons. The van der Waals surface area contributed by atoms with Gasteiger partial charge in [0.2, 0.25) is 0 Å². The van der Waals surface area contributed by atoms with Crippen LogP contribution in [-0.4, -0.2) is 41.8 Å². The number of aliphatic hydroxyl groups is 2. The molecule has 0 rings (SSSR count). The standard InChI is InChI=1S/C8H16O4S/c1-2-8(4-9,5-10)6-12-7(11)3-13/h9-10,13H,2-6H2,1H3. The van der Waals surface area contributed by atoms with E-state index in [0.717, 1.165) is 0 Å². The van der Waals surface area contributed by atoms with Gasteiger partial charge >= 0.3 is 5.97 Å². The summed E-state index contributed by atoms with van der Waals surface area (Å²) in [7, 11) is 0. The first-order chi connectivity index (χ1) is 6.14. The Kier molecular flexibility index (Phi) is 6.11. The molecule has 0 unspecified atom stereocenters. The van der Waals surface area contributed by atoms with Crippen molar-refractivity contribution in [3.63, 3.8) is 0 Å². The Morgan fingerprint density at radius 3 is 2.31 bits per heavy atom. The van der Waals surface area contributed by atoms with Crippen molar-refractivity contribution in [2.45, 2.75) is 13.3 Å². The van der Waals surface area contributed by atoms with Crippen LogP contribution < -0.4 is 0 Å². The van der Waals surface area contributed by atoms with Crippen LogP contribution in [-0.2, 0) is 9.53 Å². The van der Waals surface area contributed by atoms with Crippen molar-refractivity contribution in [2.24, 2.45) is 5.41 Å². The summed E-state index contributed by atoms with van der Waals surface area (Å²) in [6.45, 7) is 1.47. The summed E-state index contributed by atoms with van der Waals surface area (Å²) in [5.74, 6) is -0.431. The van der Waals surface area contributed by atoms with E-state index in [0.29, 0.717) is 6.42 Å². The summed E-state index contributed by atoms with van der Waals surface area (Å²) in [5, 5.41) is 18.0. The molecule has 0 atom stereocenters. The highest BCUT2D eigenvalue weighted by Crippen LogP contribution is 2.20. The third-order valence-electron chi connectivity index (χ3n) is 2.09.